The smallest absolute Gasteiger partial charge is 0.337 e. The highest BCUT2D eigenvalue weighted by Crippen LogP contribution is 2.13. The third-order valence-electron chi connectivity index (χ3n) is 2.03. The summed E-state index contributed by atoms with van der Waals surface area (Å²) in [6.45, 7) is 2.44. The van der Waals surface area contributed by atoms with E-state index in [1.54, 1.807) is 7.11 Å². The summed E-state index contributed by atoms with van der Waals surface area (Å²) in [4.78, 5) is 14.7. The monoisotopic (exact) mass is 210 g/mol. The summed E-state index contributed by atoms with van der Waals surface area (Å²) in [6.07, 6.45) is 2.96. The van der Waals surface area contributed by atoms with E-state index in [0.29, 0.717) is 12.2 Å². The van der Waals surface area contributed by atoms with Crippen molar-refractivity contribution < 1.29 is 14.6 Å². The van der Waals surface area contributed by atoms with Crippen LogP contribution in [0.4, 0.5) is 5.69 Å². The highest BCUT2D eigenvalue weighted by Gasteiger charge is 2.09. The molecule has 1 heterocycles. The minimum absolute atomic E-state index is 0.0202. The Labute approximate surface area is 88.1 Å². The molecule has 0 radical (unpaired) electrons. The van der Waals surface area contributed by atoms with Gasteiger partial charge in [0.25, 0.3) is 0 Å². The van der Waals surface area contributed by atoms with Crippen molar-refractivity contribution in [2.24, 2.45) is 0 Å². The van der Waals surface area contributed by atoms with Crippen LogP contribution in [0.3, 0.4) is 0 Å². The number of aromatic carboxylic acids is 1. The number of hydrogen-bond donors (Lipinski definition) is 2. The van der Waals surface area contributed by atoms with E-state index in [4.69, 9.17) is 9.84 Å². The normalized spacial score (nSPS) is 12.1. The largest absolute Gasteiger partial charge is 0.478 e. The molecule has 0 aliphatic rings. The molecule has 5 nitrogen and oxygen atoms in total. The van der Waals surface area contributed by atoms with Crippen LogP contribution in [0.2, 0.25) is 0 Å². The van der Waals surface area contributed by atoms with Crippen LogP contribution >= 0.6 is 0 Å². The van der Waals surface area contributed by atoms with Crippen molar-refractivity contribution in [1.29, 1.82) is 0 Å². The molecule has 1 rings (SSSR count). The third kappa shape index (κ3) is 3.21. The van der Waals surface area contributed by atoms with Gasteiger partial charge in [-0.1, -0.05) is 0 Å². The van der Waals surface area contributed by atoms with Gasteiger partial charge in [-0.2, -0.15) is 0 Å². The molecule has 5 heteroatoms. The van der Waals surface area contributed by atoms with Crippen LogP contribution in [0, 0.1) is 0 Å². The maximum atomic E-state index is 10.8. The van der Waals surface area contributed by atoms with E-state index in [2.05, 4.69) is 10.3 Å². The maximum Gasteiger partial charge on any atom is 0.337 e. The summed E-state index contributed by atoms with van der Waals surface area (Å²) < 4.78 is 5.04. The topological polar surface area (TPSA) is 71.5 Å². The highest BCUT2D eigenvalue weighted by molar-refractivity contribution is 5.93. The second-order valence-corrected chi connectivity index (χ2v) is 3.15. The predicted molar refractivity (Wildman–Crippen MR) is 56.2 cm³/mol. The van der Waals surface area contributed by atoms with Crippen molar-refractivity contribution >= 4 is 11.7 Å². The summed E-state index contributed by atoms with van der Waals surface area (Å²) in [5.41, 5.74) is 0.724. The van der Waals surface area contributed by atoms with Crippen molar-refractivity contribution in [3.05, 3.63) is 24.0 Å². The van der Waals surface area contributed by atoms with E-state index < -0.39 is 5.97 Å². The number of carbonyl (C=O) groups is 1. The fraction of sp³-hybridized carbons (Fsp3) is 0.400. The van der Waals surface area contributed by atoms with Gasteiger partial charge in [0.05, 0.1) is 23.6 Å². The van der Waals surface area contributed by atoms with E-state index in [0.717, 1.165) is 0 Å². The minimum atomic E-state index is -0.968. The molecule has 1 unspecified atom stereocenters. The van der Waals surface area contributed by atoms with Gasteiger partial charge in [0.2, 0.25) is 0 Å². The molecule has 0 saturated carbocycles. The summed E-state index contributed by atoms with van der Waals surface area (Å²) in [5.74, 6) is -0.968. The maximum absolute atomic E-state index is 10.8. The van der Waals surface area contributed by atoms with E-state index in [1.165, 1.54) is 18.5 Å². The molecule has 1 atom stereocenters. The van der Waals surface area contributed by atoms with Crippen LogP contribution in [0.25, 0.3) is 0 Å². The standard InChI is InChI=1S/C10H14N2O3/c1-7(15-2)5-12-9-6-11-4-3-8(9)10(13)14/h3-4,6-7,12H,5H2,1-2H3,(H,13,14). The van der Waals surface area contributed by atoms with E-state index >= 15 is 0 Å². The zero-order valence-corrected chi connectivity index (χ0v) is 8.73. The van der Waals surface area contributed by atoms with E-state index in [9.17, 15) is 4.79 Å². The fourth-order valence-corrected chi connectivity index (χ4v) is 1.06. The molecule has 0 aliphatic carbocycles. The Bertz CT molecular complexity index is 341. The summed E-state index contributed by atoms with van der Waals surface area (Å²) >= 11 is 0. The van der Waals surface area contributed by atoms with Crippen molar-refractivity contribution in [3.8, 4) is 0 Å². The van der Waals surface area contributed by atoms with E-state index in [1.807, 2.05) is 6.92 Å². The van der Waals surface area contributed by atoms with Gasteiger partial charge in [0.1, 0.15) is 0 Å². The zero-order chi connectivity index (χ0) is 11.3. The lowest BCUT2D eigenvalue weighted by atomic mass is 10.2. The van der Waals surface area contributed by atoms with Crippen LogP contribution in [0.5, 0.6) is 0 Å². The molecule has 0 amide bonds. The summed E-state index contributed by atoms with van der Waals surface area (Å²) in [7, 11) is 1.60. The number of anilines is 1. The van der Waals surface area contributed by atoms with Gasteiger partial charge in [0.15, 0.2) is 0 Å². The zero-order valence-electron chi connectivity index (χ0n) is 8.73. The second-order valence-electron chi connectivity index (χ2n) is 3.15. The molecule has 0 bridgehead atoms. The molecule has 82 valence electrons. The lowest BCUT2D eigenvalue weighted by Gasteiger charge is -2.12. The molecule has 0 spiro atoms. The van der Waals surface area contributed by atoms with Gasteiger partial charge in [-0.3, -0.25) is 4.98 Å². The van der Waals surface area contributed by atoms with Gasteiger partial charge in [-0.25, -0.2) is 4.79 Å². The number of pyridine rings is 1. The summed E-state index contributed by atoms with van der Waals surface area (Å²) in [6, 6.07) is 1.46. The number of nitrogens with zero attached hydrogens (tertiary/aromatic N) is 1. The quantitative estimate of drug-likeness (QED) is 0.764. The van der Waals surface area contributed by atoms with Crippen LogP contribution in [0.1, 0.15) is 17.3 Å². The van der Waals surface area contributed by atoms with Crippen LogP contribution in [-0.2, 0) is 4.74 Å². The first-order valence-electron chi connectivity index (χ1n) is 4.59. The number of hydrogen-bond acceptors (Lipinski definition) is 4. The third-order valence-corrected chi connectivity index (χ3v) is 2.03. The van der Waals surface area contributed by atoms with Crippen molar-refractivity contribution in [2.45, 2.75) is 13.0 Å². The first-order chi connectivity index (χ1) is 7.15. The number of carboxylic acid groups (broad SMARTS) is 1. The first kappa shape index (κ1) is 11.5. The predicted octanol–water partition coefficient (Wildman–Crippen LogP) is 1.23. The average molecular weight is 210 g/mol. The first-order valence-corrected chi connectivity index (χ1v) is 4.59. The van der Waals surface area contributed by atoms with Gasteiger partial charge in [-0.15, -0.1) is 0 Å². The molecule has 0 aromatic carbocycles. The Balaban J connectivity index is 2.72. The molecule has 1 aromatic rings. The Morgan fingerprint density at radius 1 is 1.73 bits per heavy atom. The Hall–Kier alpha value is -1.62. The fourth-order valence-electron chi connectivity index (χ4n) is 1.06. The molecular weight excluding hydrogens is 196 g/mol. The molecule has 0 aliphatic heterocycles. The molecular formula is C10H14N2O3. The Morgan fingerprint density at radius 2 is 2.47 bits per heavy atom. The Morgan fingerprint density at radius 3 is 3.07 bits per heavy atom. The van der Waals surface area contributed by atoms with Gasteiger partial charge in [0, 0.05) is 19.9 Å². The lowest BCUT2D eigenvalue weighted by molar-refractivity contribution is 0.0697. The number of rotatable bonds is 5. The SMILES string of the molecule is COC(C)CNc1cnccc1C(=O)O. The van der Waals surface area contributed by atoms with Crippen LogP contribution in [-0.4, -0.2) is 35.8 Å². The summed E-state index contributed by atoms with van der Waals surface area (Å²) in [5, 5.41) is 11.9. The number of ether oxygens (including phenoxy) is 1. The van der Waals surface area contributed by atoms with Crippen molar-refractivity contribution in [2.75, 3.05) is 19.0 Å². The van der Waals surface area contributed by atoms with Crippen molar-refractivity contribution in [3.63, 3.8) is 0 Å². The molecule has 0 fully saturated rings. The van der Waals surface area contributed by atoms with Crippen LogP contribution < -0.4 is 5.32 Å². The van der Waals surface area contributed by atoms with Crippen molar-refractivity contribution in [1.82, 2.24) is 4.98 Å². The van der Waals surface area contributed by atoms with Gasteiger partial charge in [-0.05, 0) is 13.0 Å². The molecule has 2 N–H and O–H groups in total. The number of methoxy groups -OCH3 is 1. The minimum Gasteiger partial charge on any atom is -0.478 e. The van der Waals surface area contributed by atoms with E-state index in [-0.39, 0.29) is 11.7 Å². The molecule has 15 heavy (non-hydrogen) atoms. The number of carboxylic acids is 1. The van der Waals surface area contributed by atoms with Gasteiger partial charge < -0.3 is 15.2 Å². The second kappa shape index (κ2) is 5.31. The lowest BCUT2D eigenvalue weighted by Crippen LogP contribution is -2.19. The Kier molecular flexibility index (Phi) is 4.05. The average Bonchev–Trinajstić information content (AvgIpc) is 2.26. The highest BCUT2D eigenvalue weighted by atomic mass is 16.5. The molecule has 0 saturated heterocycles. The number of nitrogens with one attached hydrogen (secondary N) is 1. The number of aromatic nitrogens is 1. The molecule has 1 aromatic heterocycles. The van der Waals surface area contributed by atoms with Crippen LogP contribution in [0.15, 0.2) is 18.5 Å². The van der Waals surface area contributed by atoms with Gasteiger partial charge >= 0.3 is 5.97 Å².